The predicted molar refractivity (Wildman–Crippen MR) is 76.1 cm³/mol. The summed E-state index contributed by atoms with van der Waals surface area (Å²) >= 11 is 0. The average Bonchev–Trinajstić information content (AvgIpc) is 2.51. The second kappa shape index (κ2) is 6.21. The van der Waals surface area contributed by atoms with E-state index in [4.69, 9.17) is 4.42 Å². The lowest BCUT2D eigenvalue weighted by Crippen LogP contribution is -2.36. The fourth-order valence-electron chi connectivity index (χ4n) is 1.91. The van der Waals surface area contributed by atoms with Crippen molar-refractivity contribution in [2.45, 2.75) is 6.92 Å². The Morgan fingerprint density at radius 1 is 1.29 bits per heavy atom. The van der Waals surface area contributed by atoms with Crippen molar-refractivity contribution in [2.24, 2.45) is 0 Å². The predicted octanol–water partition coefficient (Wildman–Crippen LogP) is 1.43. The molecule has 0 saturated heterocycles. The van der Waals surface area contributed by atoms with Crippen LogP contribution in [0.3, 0.4) is 0 Å². The minimum Gasteiger partial charge on any atom is -0.468 e. The van der Waals surface area contributed by atoms with E-state index < -0.39 is 11.9 Å². The van der Waals surface area contributed by atoms with Gasteiger partial charge in [-0.25, -0.2) is 0 Å². The van der Waals surface area contributed by atoms with Crippen LogP contribution in [0.4, 0.5) is 0 Å². The van der Waals surface area contributed by atoms with E-state index in [-0.39, 0.29) is 17.7 Å². The first kappa shape index (κ1) is 14.8. The summed E-state index contributed by atoms with van der Waals surface area (Å²) in [6, 6.07) is 7.82. The topological polar surface area (TPSA) is 76.8 Å². The number of fused-ring (bicyclic) bond motifs is 1. The molecule has 21 heavy (non-hydrogen) atoms. The maximum atomic E-state index is 12.3. The standard InChI is InChI=1S/C15H15NO5/c1-3-16(9-14(18)20-2)15(19)13-8-11(17)10-6-4-5-7-12(10)21-13/h4-8H,3,9H2,1-2H3. The Hall–Kier alpha value is -2.63. The molecule has 0 aliphatic heterocycles. The largest absolute Gasteiger partial charge is 0.468 e. The molecule has 2 rings (SSSR count). The second-order valence-electron chi connectivity index (χ2n) is 4.37. The van der Waals surface area contributed by atoms with Gasteiger partial charge in [0.15, 0.2) is 11.2 Å². The highest BCUT2D eigenvalue weighted by molar-refractivity contribution is 5.94. The molecule has 0 bridgehead atoms. The van der Waals surface area contributed by atoms with Gasteiger partial charge >= 0.3 is 5.97 Å². The van der Waals surface area contributed by atoms with Gasteiger partial charge in [-0.3, -0.25) is 14.4 Å². The van der Waals surface area contributed by atoms with Crippen molar-refractivity contribution < 1.29 is 18.7 Å². The van der Waals surface area contributed by atoms with E-state index in [0.29, 0.717) is 17.5 Å². The van der Waals surface area contributed by atoms with Gasteiger partial charge in [-0.2, -0.15) is 0 Å². The number of likely N-dealkylation sites (N-methyl/N-ethyl adjacent to an activating group) is 1. The molecule has 0 radical (unpaired) electrons. The van der Waals surface area contributed by atoms with Crippen molar-refractivity contribution in [3.05, 3.63) is 46.3 Å². The number of methoxy groups -OCH3 is 1. The van der Waals surface area contributed by atoms with Crippen LogP contribution in [0.5, 0.6) is 0 Å². The number of nitrogens with zero attached hydrogens (tertiary/aromatic N) is 1. The Morgan fingerprint density at radius 3 is 2.67 bits per heavy atom. The molecule has 1 aromatic heterocycles. The number of hydrogen-bond donors (Lipinski definition) is 0. The molecule has 6 heteroatoms. The van der Waals surface area contributed by atoms with Gasteiger partial charge in [0.05, 0.1) is 12.5 Å². The Morgan fingerprint density at radius 2 is 2.00 bits per heavy atom. The zero-order valence-corrected chi connectivity index (χ0v) is 11.8. The number of carbonyl (C=O) groups is 2. The molecule has 1 heterocycles. The number of carbonyl (C=O) groups excluding carboxylic acids is 2. The first-order chi connectivity index (χ1) is 10.1. The van der Waals surface area contributed by atoms with Crippen LogP contribution < -0.4 is 5.43 Å². The van der Waals surface area contributed by atoms with Gasteiger partial charge < -0.3 is 14.1 Å². The molecule has 0 atom stereocenters. The molecule has 110 valence electrons. The number of rotatable bonds is 4. The Kier molecular flexibility index (Phi) is 4.37. The molecule has 0 unspecified atom stereocenters. The van der Waals surface area contributed by atoms with Gasteiger partial charge in [-0.15, -0.1) is 0 Å². The number of para-hydroxylation sites is 1. The van der Waals surface area contributed by atoms with Crippen LogP contribution in [0.15, 0.2) is 39.5 Å². The third kappa shape index (κ3) is 3.10. The van der Waals surface area contributed by atoms with Gasteiger partial charge in [-0.1, -0.05) is 12.1 Å². The second-order valence-corrected chi connectivity index (χ2v) is 4.37. The van der Waals surface area contributed by atoms with Crippen molar-refractivity contribution in [3.8, 4) is 0 Å². The van der Waals surface area contributed by atoms with Crippen molar-refractivity contribution in [1.82, 2.24) is 4.90 Å². The molecule has 0 fully saturated rings. The lowest BCUT2D eigenvalue weighted by Gasteiger charge is -2.18. The van der Waals surface area contributed by atoms with Crippen LogP contribution in [0.1, 0.15) is 17.5 Å². The van der Waals surface area contributed by atoms with Gasteiger partial charge in [0, 0.05) is 12.6 Å². The summed E-state index contributed by atoms with van der Waals surface area (Å²) in [4.78, 5) is 36.8. The normalized spacial score (nSPS) is 10.4. The SMILES string of the molecule is CCN(CC(=O)OC)C(=O)c1cc(=O)c2ccccc2o1. The van der Waals surface area contributed by atoms with Gasteiger partial charge in [0.2, 0.25) is 0 Å². The minimum absolute atomic E-state index is 0.0931. The van der Waals surface area contributed by atoms with Crippen LogP contribution in [-0.2, 0) is 9.53 Å². The summed E-state index contributed by atoms with van der Waals surface area (Å²) in [6.07, 6.45) is 0. The molecule has 1 aromatic carbocycles. The highest BCUT2D eigenvalue weighted by atomic mass is 16.5. The average molecular weight is 289 g/mol. The smallest absolute Gasteiger partial charge is 0.325 e. The number of amides is 1. The number of benzene rings is 1. The quantitative estimate of drug-likeness (QED) is 0.796. The third-order valence-electron chi connectivity index (χ3n) is 3.06. The molecule has 0 aliphatic rings. The van der Waals surface area contributed by atoms with E-state index in [1.54, 1.807) is 31.2 Å². The molecular formula is C15H15NO5. The lowest BCUT2D eigenvalue weighted by molar-refractivity contribution is -0.141. The highest BCUT2D eigenvalue weighted by Crippen LogP contribution is 2.13. The van der Waals surface area contributed by atoms with Gasteiger partial charge in [-0.05, 0) is 19.1 Å². The molecule has 2 aromatic rings. The summed E-state index contributed by atoms with van der Waals surface area (Å²) in [5.41, 5.74) is 0.0387. The third-order valence-corrected chi connectivity index (χ3v) is 3.06. The summed E-state index contributed by atoms with van der Waals surface area (Å²) in [5.74, 6) is -1.15. The zero-order chi connectivity index (χ0) is 15.4. The monoisotopic (exact) mass is 289 g/mol. The Labute approximate surface area is 120 Å². The van der Waals surface area contributed by atoms with E-state index in [2.05, 4.69) is 4.74 Å². The number of ether oxygens (including phenoxy) is 1. The Balaban J connectivity index is 2.38. The fraction of sp³-hybridized carbons (Fsp3) is 0.267. The summed E-state index contributed by atoms with van der Waals surface area (Å²) < 4.78 is 10.00. The van der Waals surface area contributed by atoms with E-state index in [1.165, 1.54) is 12.0 Å². The van der Waals surface area contributed by atoms with E-state index in [9.17, 15) is 14.4 Å². The van der Waals surface area contributed by atoms with Crippen LogP contribution in [0, 0.1) is 0 Å². The van der Waals surface area contributed by atoms with Crippen LogP contribution in [-0.4, -0.2) is 37.0 Å². The molecule has 0 N–H and O–H groups in total. The van der Waals surface area contributed by atoms with E-state index in [0.717, 1.165) is 6.07 Å². The molecule has 0 aliphatic carbocycles. The van der Waals surface area contributed by atoms with E-state index in [1.807, 2.05) is 0 Å². The van der Waals surface area contributed by atoms with Gasteiger partial charge in [0.25, 0.3) is 5.91 Å². The van der Waals surface area contributed by atoms with Crippen molar-refractivity contribution in [1.29, 1.82) is 0 Å². The summed E-state index contributed by atoms with van der Waals surface area (Å²) in [7, 11) is 1.25. The fourth-order valence-corrected chi connectivity index (χ4v) is 1.91. The lowest BCUT2D eigenvalue weighted by atomic mass is 10.2. The first-order valence-corrected chi connectivity index (χ1v) is 6.45. The summed E-state index contributed by atoms with van der Waals surface area (Å²) in [5, 5.41) is 0.407. The van der Waals surface area contributed by atoms with Crippen LogP contribution in [0.2, 0.25) is 0 Å². The summed E-state index contributed by atoms with van der Waals surface area (Å²) in [6.45, 7) is 1.83. The number of esters is 1. The van der Waals surface area contributed by atoms with Crippen molar-refractivity contribution >= 4 is 22.8 Å². The van der Waals surface area contributed by atoms with Crippen molar-refractivity contribution in [2.75, 3.05) is 20.2 Å². The maximum absolute atomic E-state index is 12.3. The molecule has 6 nitrogen and oxygen atoms in total. The molecule has 0 saturated carbocycles. The highest BCUT2D eigenvalue weighted by Gasteiger charge is 2.21. The zero-order valence-electron chi connectivity index (χ0n) is 11.8. The number of hydrogen-bond acceptors (Lipinski definition) is 5. The molecule has 0 spiro atoms. The van der Waals surface area contributed by atoms with Gasteiger partial charge in [0.1, 0.15) is 12.1 Å². The van der Waals surface area contributed by atoms with Crippen molar-refractivity contribution in [3.63, 3.8) is 0 Å². The first-order valence-electron chi connectivity index (χ1n) is 6.45. The van der Waals surface area contributed by atoms with Crippen LogP contribution >= 0.6 is 0 Å². The molecular weight excluding hydrogens is 274 g/mol. The van der Waals surface area contributed by atoms with Crippen LogP contribution in [0.25, 0.3) is 11.0 Å². The maximum Gasteiger partial charge on any atom is 0.325 e. The Bertz CT molecular complexity index is 734. The minimum atomic E-state index is -0.534. The molecule has 1 amide bonds. The van der Waals surface area contributed by atoms with E-state index >= 15 is 0 Å².